The zero-order valence-electron chi connectivity index (χ0n) is 11.8. The Labute approximate surface area is 124 Å². The van der Waals surface area contributed by atoms with Crippen LogP contribution < -0.4 is 16.6 Å². The van der Waals surface area contributed by atoms with Gasteiger partial charge in [0.25, 0.3) is 5.69 Å². The molecule has 0 saturated heterocycles. The minimum Gasteiger partial charge on any atom is -0.480 e. The lowest BCUT2D eigenvalue weighted by atomic mass is 10.0. The number of anilines is 2. The summed E-state index contributed by atoms with van der Waals surface area (Å²) in [5.74, 6) is 3.59. The van der Waals surface area contributed by atoms with Gasteiger partial charge in [0.05, 0.1) is 15.9 Å². The van der Waals surface area contributed by atoms with E-state index in [-0.39, 0.29) is 17.3 Å². The van der Waals surface area contributed by atoms with Crippen LogP contribution in [-0.2, 0) is 4.79 Å². The summed E-state index contributed by atoms with van der Waals surface area (Å²) in [6, 6.07) is 0.650. The highest BCUT2D eigenvalue weighted by molar-refractivity contribution is 5.82. The van der Waals surface area contributed by atoms with E-state index in [1.54, 1.807) is 13.8 Å². The van der Waals surface area contributed by atoms with E-state index in [0.717, 1.165) is 12.1 Å². The molecule has 22 heavy (non-hydrogen) atoms. The largest absolute Gasteiger partial charge is 0.480 e. The van der Waals surface area contributed by atoms with Crippen LogP contribution in [0.15, 0.2) is 12.1 Å². The smallest absolute Gasteiger partial charge is 0.326 e. The quantitative estimate of drug-likeness (QED) is 0.328. The summed E-state index contributed by atoms with van der Waals surface area (Å²) in [5, 5.41) is 33.6. The summed E-state index contributed by atoms with van der Waals surface area (Å²) >= 11 is 0. The maximum absolute atomic E-state index is 11.2. The van der Waals surface area contributed by atoms with Crippen molar-refractivity contribution in [3.8, 4) is 0 Å². The summed E-state index contributed by atoms with van der Waals surface area (Å²) in [7, 11) is 0. The number of hydrogen-bond donors (Lipinski definition) is 4. The first kappa shape index (κ1) is 17.1. The van der Waals surface area contributed by atoms with Crippen molar-refractivity contribution >= 4 is 28.7 Å². The van der Waals surface area contributed by atoms with Gasteiger partial charge in [0, 0.05) is 0 Å². The van der Waals surface area contributed by atoms with E-state index in [1.807, 2.05) is 0 Å². The molecule has 0 amide bonds. The SMILES string of the molecule is CC(C)[C@H](Nc1cc(NN)c([N+](=O)[O-])cc1[N+](=O)[O-])C(=O)O. The number of carbonyl (C=O) groups is 1. The zero-order chi connectivity index (χ0) is 17.0. The van der Waals surface area contributed by atoms with Crippen LogP contribution in [0.5, 0.6) is 0 Å². The normalized spacial score (nSPS) is 11.8. The molecule has 1 rings (SSSR count). The molecule has 11 nitrogen and oxygen atoms in total. The predicted molar refractivity (Wildman–Crippen MR) is 77.4 cm³/mol. The molecule has 0 fully saturated rings. The number of benzene rings is 1. The fraction of sp³-hybridized carbons (Fsp3) is 0.364. The maximum atomic E-state index is 11.2. The maximum Gasteiger partial charge on any atom is 0.326 e. The molecule has 0 spiro atoms. The summed E-state index contributed by atoms with van der Waals surface area (Å²) in [6.45, 7) is 3.23. The second-order valence-corrected chi connectivity index (χ2v) is 4.75. The van der Waals surface area contributed by atoms with Crippen molar-refractivity contribution < 1.29 is 19.7 Å². The molecule has 11 heteroatoms. The number of hydrazine groups is 1. The Balaban J connectivity index is 3.42. The number of nitrogens with zero attached hydrogens (tertiary/aromatic N) is 2. The number of aliphatic carboxylic acids is 1. The second kappa shape index (κ2) is 6.67. The molecule has 0 saturated carbocycles. The molecule has 0 aliphatic carbocycles. The first-order valence-corrected chi connectivity index (χ1v) is 6.11. The van der Waals surface area contributed by atoms with Crippen LogP contribution >= 0.6 is 0 Å². The van der Waals surface area contributed by atoms with Crippen molar-refractivity contribution in [1.82, 2.24) is 0 Å². The van der Waals surface area contributed by atoms with E-state index in [2.05, 4.69) is 10.7 Å². The Morgan fingerprint density at radius 2 is 1.68 bits per heavy atom. The lowest BCUT2D eigenvalue weighted by Crippen LogP contribution is -2.34. The van der Waals surface area contributed by atoms with Crippen LogP contribution in [0.25, 0.3) is 0 Å². The zero-order valence-corrected chi connectivity index (χ0v) is 11.8. The van der Waals surface area contributed by atoms with Crippen molar-refractivity contribution in [2.45, 2.75) is 19.9 Å². The summed E-state index contributed by atoms with van der Waals surface area (Å²) in [5.41, 5.74) is 0.512. The average molecular weight is 313 g/mol. The van der Waals surface area contributed by atoms with Crippen molar-refractivity contribution in [2.24, 2.45) is 11.8 Å². The third-order valence-electron chi connectivity index (χ3n) is 2.91. The van der Waals surface area contributed by atoms with Gasteiger partial charge in [0.1, 0.15) is 17.4 Å². The number of hydrogen-bond acceptors (Lipinski definition) is 8. The Kier molecular flexibility index (Phi) is 5.18. The van der Waals surface area contributed by atoms with Gasteiger partial charge in [0.2, 0.25) is 0 Å². The van der Waals surface area contributed by atoms with Gasteiger partial charge >= 0.3 is 11.7 Å². The molecular formula is C11H15N5O6. The third kappa shape index (κ3) is 3.58. The minimum absolute atomic E-state index is 0.175. The fourth-order valence-electron chi connectivity index (χ4n) is 1.79. The van der Waals surface area contributed by atoms with E-state index in [0.29, 0.717) is 0 Å². The predicted octanol–water partition coefficient (Wildman–Crippen LogP) is 1.31. The molecular weight excluding hydrogens is 298 g/mol. The molecule has 5 N–H and O–H groups in total. The lowest BCUT2D eigenvalue weighted by molar-refractivity contribution is -0.393. The molecule has 0 heterocycles. The van der Waals surface area contributed by atoms with Gasteiger partial charge < -0.3 is 15.8 Å². The number of nitro benzene ring substituents is 2. The van der Waals surface area contributed by atoms with Crippen molar-refractivity contribution in [3.63, 3.8) is 0 Å². The third-order valence-corrected chi connectivity index (χ3v) is 2.91. The molecule has 1 aromatic rings. The molecule has 0 unspecified atom stereocenters. The number of rotatable bonds is 7. The van der Waals surface area contributed by atoms with Crippen LogP contribution in [0.2, 0.25) is 0 Å². The molecule has 1 aromatic carbocycles. The van der Waals surface area contributed by atoms with E-state index in [4.69, 9.17) is 10.9 Å². The standard InChI is InChI=1S/C11H15N5O6/c1-5(2)10(11(17)18)13-6-3-7(14-12)9(16(21)22)4-8(6)15(19)20/h3-5,10,13-14H,12H2,1-2H3,(H,17,18)/t10-/m0/s1. The van der Waals surface area contributed by atoms with Crippen LogP contribution in [0.3, 0.4) is 0 Å². The van der Waals surface area contributed by atoms with E-state index in [9.17, 15) is 25.0 Å². The van der Waals surface area contributed by atoms with E-state index < -0.39 is 33.2 Å². The Morgan fingerprint density at radius 1 is 1.18 bits per heavy atom. The number of nitrogens with one attached hydrogen (secondary N) is 2. The molecule has 120 valence electrons. The molecule has 1 atom stereocenters. The number of carboxylic acids is 1. The van der Waals surface area contributed by atoms with Gasteiger partial charge in [-0.05, 0) is 12.0 Å². The fourth-order valence-corrected chi connectivity index (χ4v) is 1.79. The monoisotopic (exact) mass is 313 g/mol. The Bertz CT molecular complexity index is 617. The summed E-state index contributed by atoms with van der Waals surface area (Å²) < 4.78 is 0. The van der Waals surface area contributed by atoms with Crippen LogP contribution in [0.4, 0.5) is 22.7 Å². The first-order valence-electron chi connectivity index (χ1n) is 6.11. The minimum atomic E-state index is -1.20. The molecule has 0 aromatic heterocycles. The highest BCUT2D eigenvalue weighted by Crippen LogP contribution is 2.36. The molecule has 0 radical (unpaired) electrons. The van der Waals surface area contributed by atoms with Gasteiger partial charge in [-0.15, -0.1) is 0 Å². The lowest BCUT2D eigenvalue weighted by Gasteiger charge is -2.19. The van der Waals surface area contributed by atoms with Crippen molar-refractivity contribution in [3.05, 3.63) is 32.4 Å². The van der Waals surface area contributed by atoms with E-state index >= 15 is 0 Å². The van der Waals surface area contributed by atoms with Crippen LogP contribution in [-0.4, -0.2) is 27.0 Å². The Morgan fingerprint density at radius 3 is 2.05 bits per heavy atom. The summed E-state index contributed by atoms with van der Waals surface area (Å²) in [6.07, 6.45) is 0. The van der Waals surface area contributed by atoms with Crippen molar-refractivity contribution in [2.75, 3.05) is 10.7 Å². The van der Waals surface area contributed by atoms with E-state index in [1.165, 1.54) is 0 Å². The average Bonchev–Trinajstić information content (AvgIpc) is 2.42. The number of nitrogens with two attached hydrogens (primary N) is 1. The van der Waals surface area contributed by atoms with Gasteiger partial charge in [-0.3, -0.25) is 26.1 Å². The first-order chi connectivity index (χ1) is 10.2. The Hall–Kier alpha value is -2.95. The summed E-state index contributed by atoms with van der Waals surface area (Å²) in [4.78, 5) is 31.4. The highest BCUT2D eigenvalue weighted by Gasteiger charge is 2.28. The molecule has 0 aliphatic rings. The van der Waals surface area contributed by atoms with Crippen LogP contribution in [0, 0.1) is 26.1 Å². The molecule has 0 bridgehead atoms. The van der Waals surface area contributed by atoms with Crippen molar-refractivity contribution in [1.29, 1.82) is 0 Å². The highest BCUT2D eigenvalue weighted by atomic mass is 16.6. The van der Waals surface area contributed by atoms with Gasteiger partial charge in [-0.25, -0.2) is 4.79 Å². The van der Waals surface area contributed by atoms with Crippen LogP contribution in [0.1, 0.15) is 13.8 Å². The van der Waals surface area contributed by atoms with Gasteiger partial charge in [-0.1, -0.05) is 13.8 Å². The second-order valence-electron chi connectivity index (χ2n) is 4.75. The number of nitro groups is 2. The molecule has 0 aliphatic heterocycles. The number of nitrogen functional groups attached to an aromatic ring is 1. The van der Waals surface area contributed by atoms with Gasteiger partial charge in [0.15, 0.2) is 0 Å². The topological polar surface area (TPSA) is 174 Å². The number of carboxylic acid groups (broad SMARTS) is 1. The van der Waals surface area contributed by atoms with Gasteiger partial charge in [-0.2, -0.15) is 0 Å².